The van der Waals surface area contributed by atoms with Gasteiger partial charge in [-0.1, -0.05) is 6.92 Å². The Labute approximate surface area is 106 Å². The summed E-state index contributed by atoms with van der Waals surface area (Å²) in [6.07, 6.45) is 1.87. The van der Waals surface area contributed by atoms with Crippen molar-refractivity contribution in [2.24, 2.45) is 5.73 Å². The van der Waals surface area contributed by atoms with E-state index in [9.17, 15) is 4.79 Å². The van der Waals surface area contributed by atoms with E-state index < -0.39 is 0 Å². The minimum atomic E-state index is -0.117. The number of nitrogens with one attached hydrogen (secondary N) is 1. The lowest BCUT2D eigenvalue weighted by molar-refractivity contribution is -0.124. The van der Waals surface area contributed by atoms with Gasteiger partial charge in [-0.2, -0.15) is 0 Å². The molecule has 0 fully saturated rings. The molecule has 4 nitrogen and oxygen atoms in total. The third-order valence-electron chi connectivity index (χ3n) is 3.09. The summed E-state index contributed by atoms with van der Waals surface area (Å²) in [4.78, 5) is 14.1. The maximum absolute atomic E-state index is 11.9. The van der Waals surface area contributed by atoms with Gasteiger partial charge in [0.15, 0.2) is 0 Å². The molecule has 17 heavy (non-hydrogen) atoms. The molecule has 0 saturated carbocycles. The summed E-state index contributed by atoms with van der Waals surface area (Å²) in [5.74, 6) is 0.0996. The van der Waals surface area contributed by atoms with E-state index in [1.165, 1.54) is 0 Å². The van der Waals surface area contributed by atoms with Crippen LogP contribution in [0.3, 0.4) is 0 Å². The van der Waals surface area contributed by atoms with Gasteiger partial charge in [0.1, 0.15) is 0 Å². The molecular formula is C13H29N3O. The summed E-state index contributed by atoms with van der Waals surface area (Å²) in [6, 6.07) is 0.372. The smallest absolute Gasteiger partial charge is 0.234 e. The Morgan fingerprint density at radius 3 is 2.41 bits per heavy atom. The van der Waals surface area contributed by atoms with Crippen molar-refractivity contribution in [1.29, 1.82) is 0 Å². The fourth-order valence-electron chi connectivity index (χ4n) is 1.50. The highest BCUT2D eigenvalue weighted by atomic mass is 16.2. The first-order valence-electron chi connectivity index (χ1n) is 6.57. The van der Waals surface area contributed by atoms with E-state index in [1.54, 1.807) is 0 Å². The summed E-state index contributed by atoms with van der Waals surface area (Å²) < 4.78 is 0. The Morgan fingerprint density at radius 2 is 2.00 bits per heavy atom. The first kappa shape index (κ1) is 16.4. The zero-order valence-corrected chi connectivity index (χ0v) is 12.0. The summed E-state index contributed by atoms with van der Waals surface area (Å²) in [5.41, 5.74) is 5.39. The number of rotatable bonds is 8. The minimum absolute atomic E-state index is 0.0996. The molecule has 0 saturated heterocycles. The molecule has 1 amide bonds. The Morgan fingerprint density at radius 1 is 1.41 bits per heavy atom. The lowest BCUT2D eigenvalue weighted by atomic mass is 10.0. The summed E-state index contributed by atoms with van der Waals surface area (Å²) in [7, 11) is 0. The van der Waals surface area contributed by atoms with Crippen molar-refractivity contribution in [1.82, 2.24) is 10.2 Å². The van der Waals surface area contributed by atoms with Crippen LogP contribution in [0, 0.1) is 0 Å². The minimum Gasteiger partial charge on any atom is -0.350 e. The third kappa shape index (κ3) is 7.34. The molecule has 102 valence electrons. The average Bonchev–Trinajstić information content (AvgIpc) is 2.23. The zero-order valence-electron chi connectivity index (χ0n) is 12.0. The van der Waals surface area contributed by atoms with Gasteiger partial charge in [0, 0.05) is 18.1 Å². The van der Waals surface area contributed by atoms with Crippen molar-refractivity contribution < 1.29 is 4.79 Å². The second-order valence-corrected chi connectivity index (χ2v) is 5.49. The van der Waals surface area contributed by atoms with Crippen LogP contribution >= 0.6 is 0 Å². The Balaban J connectivity index is 4.21. The number of nitrogens with zero attached hydrogens (tertiary/aromatic N) is 1. The predicted molar refractivity (Wildman–Crippen MR) is 72.9 cm³/mol. The van der Waals surface area contributed by atoms with Crippen LogP contribution in [0.1, 0.15) is 47.5 Å². The second-order valence-electron chi connectivity index (χ2n) is 5.49. The van der Waals surface area contributed by atoms with Crippen LogP contribution in [0.4, 0.5) is 0 Å². The van der Waals surface area contributed by atoms with Gasteiger partial charge in [-0.05, 0) is 47.1 Å². The number of hydrogen-bond donors (Lipinski definition) is 2. The van der Waals surface area contributed by atoms with Gasteiger partial charge in [-0.25, -0.2) is 0 Å². The van der Waals surface area contributed by atoms with Crippen molar-refractivity contribution in [3.63, 3.8) is 0 Å². The zero-order chi connectivity index (χ0) is 13.5. The van der Waals surface area contributed by atoms with E-state index in [4.69, 9.17) is 5.73 Å². The molecule has 3 N–H and O–H groups in total. The predicted octanol–water partition coefficient (Wildman–Crippen LogP) is 1.35. The number of hydrogen-bond acceptors (Lipinski definition) is 3. The topological polar surface area (TPSA) is 58.4 Å². The van der Waals surface area contributed by atoms with Crippen LogP contribution in [0.15, 0.2) is 0 Å². The first-order chi connectivity index (χ1) is 7.82. The molecule has 0 aromatic rings. The van der Waals surface area contributed by atoms with E-state index in [2.05, 4.69) is 31.0 Å². The number of carbonyl (C=O) groups excluding carboxylic acids is 1. The van der Waals surface area contributed by atoms with Gasteiger partial charge >= 0.3 is 0 Å². The Bertz CT molecular complexity index is 227. The van der Waals surface area contributed by atoms with Crippen LogP contribution in [0.5, 0.6) is 0 Å². The Hall–Kier alpha value is -0.610. The average molecular weight is 243 g/mol. The highest BCUT2D eigenvalue weighted by Gasteiger charge is 2.20. The van der Waals surface area contributed by atoms with E-state index in [-0.39, 0.29) is 11.4 Å². The molecule has 0 bridgehead atoms. The van der Waals surface area contributed by atoms with Gasteiger partial charge in [-0.15, -0.1) is 0 Å². The SMILES string of the molecule is CCC(C)(C)NC(=O)CN(CCCN)C(C)C. The van der Waals surface area contributed by atoms with E-state index in [0.717, 1.165) is 19.4 Å². The van der Waals surface area contributed by atoms with Crippen molar-refractivity contribution in [2.75, 3.05) is 19.6 Å². The largest absolute Gasteiger partial charge is 0.350 e. The van der Waals surface area contributed by atoms with Gasteiger partial charge in [0.25, 0.3) is 0 Å². The molecule has 0 radical (unpaired) electrons. The number of nitrogens with two attached hydrogens (primary N) is 1. The van der Waals surface area contributed by atoms with Crippen molar-refractivity contribution in [2.45, 2.75) is 59.0 Å². The number of amides is 1. The molecule has 0 aliphatic carbocycles. The molecule has 0 heterocycles. The molecule has 0 spiro atoms. The second kappa shape index (κ2) is 7.67. The summed E-state index contributed by atoms with van der Waals surface area (Å²) >= 11 is 0. The van der Waals surface area contributed by atoms with Crippen molar-refractivity contribution in [3.05, 3.63) is 0 Å². The van der Waals surface area contributed by atoms with Crippen molar-refractivity contribution in [3.8, 4) is 0 Å². The van der Waals surface area contributed by atoms with Gasteiger partial charge in [-0.3, -0.25) is 9.69 Å². The van der Waals surface area contributed by atoms with Crippen LogP contribution in [-0.4, -0.2) is 42.0 Å². The standard InChI is InChI=1S/C13H29N3O/c1-6-13(4,5)15-12(17)10-16(11(2)3)9-7-8-14/h11H,6-10,14H2,1-5H3,(H,15,17). The molecule has 0 aromatic carbocycles. The molecule has 0 aromatic heterocycles. The molecule has 0 aliphatic heterocycles. The Kier molecular flexibility index (Phi) is 7.39. The summed E-state index contributed by atoms with van der Waals surface area (Å²) in [5, 5.41) is 3.06. The van der Waals surface area contributed by atoms with Gasteiger partial charge < -0.3 is 11.1 Å². The van der Waals surface area contributed by atoms with Crippen LogP contribution in [0.2, 0.25) is 0 Å². The molecular weight excluding hydrogens is 214 g/mol. The number of carbonyl (C=O) groups is 1. The summed E-state index contributed by atoms with van der Waals surface area (Å²) in [6.45, 7) is 12.4. The van der Waals surface area contributed by atoms with Crippen molar-refractivity contribution >= 4 is 5.91 Å². The van der Waals surface area contributed by atoms with Gasteiger partial charge in [0.2, 0.25) is 5.91 Å². The molecule has 0 rings (SSSR count). The quantitative estimate of drug-likeness (QED) is 0.676. The molecule has 0 unspecified atom stereocenters. The van der Waals surface area contributed by atoms with E-state index in [0.29, 0.717) is 19.1 Å². The lowest BCUT2D eigenvalue weighted by Crippen LogP contribution is -2.48. The van der Waals surface area contributed by atoms with Crippen LogP contribution in [-0.2, 0) is 4.79 Å². The molecule has 4 heteroatoms. The van der Waals surface area contributed by atoms with E-state index in [1.807, 2.05) is 13.8 Å². The monoisotopic (exact) mass is 243 g/mol. The molecule has 0 aliphatic rings. The fourth-order valence-corrected chi connectivity index (χ4v) is 1.50. The highest BCUT2D eigenvalue weighted by Crippen LogP contribution is 2.07. The maximum atomic E-state index is 11.9. The lowest BCUT2D eigenvalue weighted by Gasteiger charge is -2.29. The highest BCUT2D eigenvalue weighted by molar-refractivity contribution is 5.78. The normalized spacial score (nSPS) is 12.2. The van der Waals surface area contributed by atoms with Crippen LogP contribution < -0.4 is 11.1 Å². The third-order valence-corrected chi connectivity index (χ3v) is 3.09. The van der Waals surface area contributed by atoms with E-state index >= 15 is 0 Å². The fraction of sp³-hybridized carbons (Fsp3) is 0.923. The first-order valence-corrected chi connectivity index (χ1v) is 6.57. The molecule has 0 atom stereocenters. The maximum Gasteiger partial charge on any atom is 0.234 e. The van der Waals surface area contributed by atoms with Gasteiger partial charge in [0.05, 0.1) is 6.54 Å². The van der Waals surface area contributed by atoms with Crippen LogP contribution in [0.25, 0.3) is 0 Å².